The highest BCUT2D eigenvalue weighted by molar-refractivity contribution is 6.01. The molecule has 3 aromatic heterocycles. The highest BCUT2D eigenvalue weighted by Gasteiger charge is 2.23. The summed E-state index contributed by atoms with van der Waals surface area (Å²) in [6, 6.07) is 20.0. The van der Waals surface area contributed by atoms with E-state index in [9.17, 15) is 14.4 Å². The van der Waals surface area contributed by atoms with E-state index in [0.29, 0.717) is 56.9 Å². The average molecular weight is 575 g/mol. The summed E-state index contributed by atoms with van der Waals surface area (Å²) in [4.78, 5) is 60.1. The van der Waals surface area contributed by atoms with E-state index in [1.807, 2.05) is 37.3 Å². The van der Waals surface area contributed by atoms with Crippen LogP contribution in [0.4, 0.5) is 5.82 Å². The standard InChI is InChI=1S/C31H26N8O4/c1-2-22(36-28-26-27(33-16-32-26)34-17-35-28)29-37-23-10-6-7-20(25(23)31(42)39(29)21-8-4-3-5-9-21)15-24(40)18-11-13-19(14-12-18)30(41)38-43/h3-14,16-17,22,43H,2,15H2,1H3,(H,38,41)(H2,32,33,34,35,36)/t22-/m0/s1. The highest BCUT2D eigenvalue weighted by atomic mass is 16.5. The second kappa shape index (κ2) is 11.6. The van der Waals surface area contributed by atoms with E-state index < -0.39 is 11.9 Å². The van der Waals surface area contributed by atoms with Crippen molar-refractivity contribution in [3.8, 4) is 5.69 Å². The van der Waals surface area contributed by atoms with Crippen molar-refractivity contribution >= 4 is 39.6 Å². The van der Waals surface area contributed by atoms with Gasteiger partial charge in [-0.05, 0) is 42.3 Å². The van der Waals surface area contributed by atoms with Crippen molar-refractivity contribution in [2.75, 3.05) is 5.32 Å². The van der Waals surface area contributed by atoms with Crippen molar-refractivity contribution < 1.29 is 14.8 Å². The molecule has 0 saturated heterocycles. The first-order valence-corrected chi connectivity index (χ1v) is 13.6. The van der Waals surface area contributed by atoms with Crippen molar-refractivity contribution in [1.82, 2.24) is 35.0 Å². The molecule has 0 spiro atoms. The van der Waals surface area contributed by atoms with Crippen molar-refractivity contribution in [3.05, 3.63) is 118 Å². The molecular weight excluding hydrogens is 548 g/mol. The topological polar surface area (TPSA) is 168 Å². The predicted octanol–water partition coefficient (Wildman–Crippen LogP) is 4.16. The number of amides is 1. The van der Waals surface area contributed by atoms with Crippen LogP contribution >= 0.6 is 0 Å². The molecule has 0 unspecified atom stereocenters. The summed E-state index contributed by atoms with van der Waals surface area (Å²) in [5, 5.41) is 12.6. The van der Waals surface area contributed by atoms with E-state index in [1.165, 1.54) is 30.6 Å². The minimum Gasteiger partial charge on any atom is -0.358 e. The van der Waals surface area contributed by atoms with Gasteiger partial charge < -0.3 is 10.3 Å². The second-order valence-electron chi connectivity index (χ2n) is 9.80. The number of Topliss-reactive ketones (excluding diaryl/α,β-unsaturated/α-hetero) is 1. The summed E-state index contributed by atoms with van der Waals surface area (Å²) in [6.45, 7) is 1.99. The third-order valence-electron chi connectivity index (χ3n) is 7.20. The first-order valence-electron chi connectivity index (χ1n) is 13.6. The van der Waals surface area contributed by atoms with Crippen LogP contribution < -0.4 is 16.4 Å². The number of carbonyl (C=O) groups excluding carboxylic acids is 2. The Morgan fingerprint density at radius 3 is 2.47 bits per heavy atom. The van der Waals surface area contributed by atoms with Crippen LogP contribution in [0.25, 0.3) is 27.8 Å². The molecule has 0 aliphatic carbocycles. The number of H-pyrrole nitrogens is 1. The lowest BCUT2D eigenvalue weighted by Gasteiger charge is -2.22. The maximum Gasteiger partial charge on any atom is 0.274 e. The van der Waals surface area contributed by atoms with Gasteiger partial charge in [-0.3, -0.25) is 24.2 Å². The first kappa shape index (κ1) is 27.4. The zero-order valence-electron chi connectivity index (χ0n) is 23.0. The molecule has 4 N–H and O–H groups in total. The normalized spacial score (nSPS) is 11.9. The van der Waals surface area contributed by atoms with Gasteiger partial charge in [0.05, 0.1) is 29.0 Å². The number of rotatable bonds is 9. The van der Waals surface area contributed by atoms with E-state index in [1.54, 1.807) is 34.6 Å². The van der Waals surface area contributed by atoms with Crippen LogP contribution in [-0.2, 0) is 6.42 Å². The van der Waals surface area contributed by atoms with Crippen LogP contribution in [0.5, 0.6) is 0 Å². The summed E-state index contributed by atoms with van der Waals surface area (Å²) in [5.74, 6) is 0.104. The fourth-order valence-corrected chi connectivity index (χ4v) is 5.06. The van der Waals surface area contributed by atoms with Crippen LogP contribution in [0.3, 0.4) is 0 Å². The van der Waals surface area contributed by atoms with E-state index >= 15 is 0 Å². The number of anilines is 1. The van der Waals surface area contributed by atoms with E-state index in [2.05, 4.69) is 25.3 Å². The number of hydrogen-bond acceptors (Lipinski definition) is 9. The second-order valence-corrected chi connectivity index (χ2v) is 9.80. The number of para-hydroxylation sites is 1. The Labute approximate surface area is 244 Å². The number of hydroxylamine groups is 1. The van der Waals surface area contributed by atoms with Gasteiger partial charge in [0.25, 0.3) is 11.5 Å². The molecule has 0 aliphatic rings. The Bertz CT molecular complexity index is 2020. The molecule has 6 rings (SSSR count). The van der Waals surface area contributed by atoms with Gasteiger partial charge in [0.15, 0.2) is 17.2 Å². The van der Waals surface area contributed by atoms with Gasteiger partial charge in [-0.1, -0.05) is 49.4 Å². The molecule has 3 heterocycles. The largest absolute Gasteiger partial charge is 0.358 e. The summed E-state index contributed by atoms with van der Waals surface area (Å²) in [5.41, 5.74) is 4.61. The third-order valence-corrected chi connectivity index (χ3v) is 7.20. The van der Waals surface area contributed by atoms with Gasteiger partial charge in [-0.2, -0.15) is 0 Å². The van der Waals surface area contributed by atoms with Crippen LogP contribution in [-0.4, -0.2) is 46.4 Å². The molecule has 0 radical (unpaired) electrons. The smallest absolute Gasteiger partial charge is 0.274 e. The molecule has 12 heteroatoms. The maximum atomic E-state index is 14.4. The molecule has 12 nitrogen and oxygen atoms in total. The monoisotopic (exact) mass is 574 g/mol. The zero-order chi connectivity index (χ0) is 29.9. The molecule has 0 saturated carbocycles. The van der Waals surface area contributed by atoms with Crippen molar-refractivity contribution in [2.45, 2.75) is 25.8 Å². The SMILES string of the molecule is CC[C@H](Nc1ncnc2nc[nH]c12)c1nc2cccc(CC(=O)c3ccc(C(=O)NO)cc3)c2c(=O)n1-c1ccccc1. The highest BCUT2D eigenvalue weighted by Crippen LogP contribution is 2.27. The Hall–Kier alpha value is -5.75. The number of nitrogens with zero attached hydrogens (tertiary/aromatic N) is 5. The molecule has 1 atom stereocenters. The Kier molecular flexibility index (Phi) is 7.41. The summed E-state index contributed by atoms with van der Waals surface area (Å²) in [6.07, 6.45) is 3.49. The van der Waals surface area contributed by atoms with E-state index in [0.717, 1.165) is 0 Å². The van der Waals surface area contributed by atoms with Gasteiger partial charge >= 0.3 is 0 Å². The Balaban J connectivity index is 1.45. The lowest BCUT2D eigenvalue weighted by atomic mass is 9.99. The summed E-state index contributed by atoms with van der Waals surface area (Å²) < 4.78 is 1.57. The van der Waals surface area contributed by atoms with Crippen LogP contribution in [0, 0.1) is 0 Å². The third kappa shape index (κ3) is 5.22. The predicted molar refractivity (Wildman–Crippen MR) is 159 cm³/mol. The van der Waals surface area contributed by atoms with Gasteiger partial charge in [-0.15, -0.1) is 0 Å². The lowest BCUT2D eigenvalue weighted by molar-refractivity contribution is 0.0706. The molecule has 214 valence electrons. The molecular formula is C31H26N8O4. The lowest BCUT2D eigenvalue weighted by Crippen LogP contribution is -2.29. The van der Waals surface area contributed by atoms with Crippen molar-refractivity contribution in [2.24, 2.45) is 0 Å². The maximum absolute atomic E-state index is 14.4. The number of aromatic amines is 1. The number of nitrogens with one attached hydrogen (secondary N) is 3. The number of aromatic nitrogens is 6. The zero-order valence-corrected chi connectivity index (χ0v) is 23.0. The van der Waals surface area contributed by atoms with Gasteiger partial charge in [-0.25, -0.2) is 25.4 Å². The number of benzene rings is 3. The van der Waals surface area contributed by atoms with Crippen molar-refractivity contribution in [3.63, 3.8) is 0 Å². The van der Waals surface area contributed by atoms with Crippen LogP contribution in [0.2, 0.25) is 0 Å². The Morgan fingerprint density at radius 1 is 0.953 bits per heavy atom. The number of imidazole rings is 1. The minimum atomic E-state index is -0.676. The fraction of sp³-hybridized carbons (Fsp3) is 0.129. The van der Waals surface area contributed by atoms with Gasteiger partial charge in [0, 0.05) is 17.5 Å². The molecule has 1 amide bonds. The van der Waals surface area contributed by atoms with Gasteiger partial charge in [0.2, 0.25) is 0 Å². The average Bonchev–Trinajstić information content (AvgIpc) is 3.53. The Morgan fingerprint density at radius 2 is 1.72 bits per heavy atom. The van der Waals surface area contributed by atoms with E-state index in [4.69, 9.17) is 10.2 Å². The summed E-state index contributed by atoms with van der Waals surface area (Å²) in [7, 11) is 0. The van der Waals surface area contributed by atoms with E-state index in [-0.39, 0.29) is 23.3 Å². The molecule has 0 aliphatic heterocycles. The fourth-order valence-electron chi connectivity index (χ4n) is 5.06. The van der Waals surface area contributed by atoms with Crippen molar-refractivity contribution in [1.29, 1.82) is 0 Å². The van der Waals surface area contributed by atoms with Crippen LogP contribution in [0.15, 0.2) is 90.2 Å². The number of carbonyl (C=O) groups is 2. The quantitative estimate of drug-likeness (QED) is 0.113. The van der Waals surface area contributed by atoms with Gasteiger partial charge in [0.1, 0.15) is 17.7 Å². The molecule has 6 aromatic rings. The number of fused-ring (bicyclic) bond motifs is 2. The number of ketones is 1. The number of hydrogen-bond donors (Lipinski definition) is 4. The molecule has 43 heavy (non-hydrogen) atoms. The van der Waals surface area contributed by atoms with Crippen LogP contribution in [0.1, 0.15) is 51.5 Å². The first-order chi connectivity index (χ1) is 21.0. The molecule has 0 bridgehead atoms. The molecule has 0 fully saturated rings. The summed E-state index contributed by atoms with van der Waals surface area (Å²) >= 11 is 0. The molecule has 3 aromatic carbocycles. The minimum absolute atomic E-state index is 0.0534.